The Morgan fingerprint density at radius 3 is 2.28 bits per heavy atom. The van der Waals surface area contributed by atoms with E-state index in [0.29, 0.717) is 49.8 Å². The summed E-state index contributed by atoms with van der Waals surface area (Å²) in [4.78, 5) is 25.9. The lowest BCUT2D eigenvalue weighted by atomic mass is 10.1. The van der Waals surface area contributed by atoms with E-state index in [-0.39, 0.29) is 12.5 Å². The molecule has 1 fully saturated rings. The van der Waals surface area contributed by atoms with Crippen LogP contribution in [-0.4, -0.2) is 64.2 Å². The number of nitriles is 1. The van der Waals surface area contributed by atoms with Crippen molar-refractivity contribution < 1.29 is 4.79 Å². The second kappa shape index (κ2) is 11.8. The molecule has 8 heteroatoms. The fourth-order valence-corrected chi connectivity index (χ4v) is 4.02. The number of hydrogen-bond acceptors (Lipinski definition) is 7. The standard InChI is InChI=1S/C28H29N7O/c1-3-26(25-8-5-4-6-9-25)32-35(22(2)24-12-10-23(20-29)11-13-24)21-27(36)33-16-18-34(19-17-33)28-30-14-7-15-31-28/h4-15H,2-3,16-19,21H2,1H3. The van der Waals surface area contributed by atoms with Crippen LogP contribution in [0.4, 0.5) is 5.95 Å². The van der Waals surface area contributed by atoms with Crippen LogP contribution in [0.1, 0.15) is 30.0 Å². The zero-order chi connectivity index (χ0) is 25.3. The van der Waals surface area contributed by atoms with Gasteiger partial charge in [-0.15, -0.1) is 0 Å². The van der Waals surface area contributed by atoms with E-state index in [4.69, 9.17) is 10.4 Å². The third-order valence-corrected chi connectivity index (χ3v) is 6.09. The Morgan fingerprint density at radius 1 is 1.00 bits per heavy atom. The number of carbonyl (C=O) groups excluding carboxylic acids is 1. The fraction of sp³-hybridized carbons (Fsp3) is 0.250. The maximum Gasteiger partial charge on any atom is 0.244 e. The second-order valence-corrected chi connectivity index (χ2v) is 8.38. The van der Waals surface area contributed by atoms with E-state index >= 15 is 0 Å². The Balaban J connectivity index is 1.53. The maximum absolute atomic E-state index is 13.4. The van der Waals surface area contributed by atoms with Gasteiger partial charge >= 0.3 is 0 Å². The molecule has 0 unspecified atom stereocenters. The van der Waals surface area contributed by atoms with Gasteiger partial charge in [-0.05, 0) is 35.7 Å². The topological polar surface area (TPSA) is 88.7 Å². The van der Waals surface area contributed by atoms with Gasteiger partial charge < -0.3 is 9.80 Å². The van der Waals surface area contributed by atoms with Crippen molar-refractivity contribution in [2.24, 2.45) is 5.10 Å². The predicted octanol–water partition coefficient (Wildman–Crippen LogP) is 3.78. The molecule has 0 radical (unpaired) electrons. The summed E-state index contributed by atoms with van der Waals surface area (Å²) in [6.45, 7) is 8.86. The first-order valence-corrected chi connectivity index (χ1v) is 12.0. The van der Waals surface area contributed by atoms with Crippen LogP contribution in [0, 0.1) is 11.3 Å². The smallest absolute Gasteiger partial charge is 0.244 e. The van der Waals surface area contributed by atoms with E-state index in [1.165, 1.54) is 0 Å². The van der Waals surface area contributed by atoms with Gasteiger partial charge in [0, 0.05) is 38.6 Å². The van der Waals surface area contributed by atoms with E-state index in [1.54, 1.807) is 35.6 Å². The maximum atomic E-state index is 13.4. The number of benzene rings is 2. The molecule has 0 N–H and O–H groups in total. The van der Waals surface area contributed by atoms with Gasteiger partial charge in [0.15, 0.2) is 0 Å². The number of anilines is 1. The molecule has 0 atom stereocenters. The molecule has 8 nitrogen and oxygen atoms in total. The summed E-state index contributed by atoms with van der Waals surface area (Å²) in [6, 6.07) is 21.0. The molecule has 36 heavy (non-hydrogen) atoms. The third-order valence-electron chi connectivity index (χ3n) is 6.09. The van der Waals surface area contributed by atoms with E-state index in [9.17, 15) is 4.79 Å². The largest absolute Gasteiger partial charge is 0.338 e. The average molecular weight is 480 g/mol. The van der Waals surface area contributed by atoms with Crippen molar-refractivity contribution in [3.05, 3.63) is 96.3 Å². The molecule has 4 rings (SSSR count). The number of amides is 1. The molecule has 1 aliphatic rings. The molecule has 0 spiro atoms. The van der Waals surface area contributed by atoms with Crippen LogP contribution in [0.25, 0.3) is 5.70 Å². The van der Waals surface area contributed by atoms with Crippen molar-refractivity contribution in [3.63, 3.8) is 0 Å². The summed E-state index contributed by atoms with van der Waals surface area (Å²) in [7, 11) is 0. The number of hydrogen-bond donors (Lipinski definition) is 0. The molecule has 1 saturated heterocycles. The van der Waals surface area contributed by atoms with Crippen molar-refractivity contribution in [3.8, 4) is 6.07 Å². The highest BCUT2D eigenvalue weighted by molar-refractivity contribution is 6.00. The molecule has 1 aliphatic heterocycles. The first-order chi connectivity index (χ1) is 17.6. The Bertz CT molecular complexity index is 1240. The first-order valence-electron chi connectivity index (χ1n) is 12.0. The highest BCUT2D eigenvalue weighted by Crippen LogP contribution is 2.21. The number of hydrazone groups is 1. The minimum absolute atomic E-state index is 0.0225. The van der Waals surface area contributed by atoms with Crippen LogP contribution in [-0.2, 0) is 4.79 Å². The zero-order valence-electron chi connectivity index (χ0n) is 20.4. The number of nitrogens with zero attached hydrogens (tertiary/aromatic N) is 7. The van der Waals surface area contributed by atoms with Crippen molar-refractivity contribution in [1.29, 1.82) is 5.26 Å². The normalized spacial score (nSPS) is 13.7. The molecule has 182 valence electrons. The molecule has 2 aromatic carbocycles. The van der Waals surface area contributed by atoms with E-state index < -0.39 is 0 Å². The fourth-order valence-electron chi connectivity index (χ4n) is 4.02. The summed E-state index contributed by atoms with van der Waals surface area (Å²) in [6.07, 6.45) is 4.15. The number of aromatic nitrogens is 2. The molecule has 2 heterocycles. The highest BCUT2D eigenvalue weighted by Gasteiger charge is 2.25. The quantitative estimate of drug-likeness (QED) is 0.361. The summed E-state index contributed by atoms with van der Waals surface area (Å²) < 4.78 is 0. The Kier molecular flexibility index (Phi) is 8.04. The Labute approximate surface area is 211 Å². The van der Waals surface area contributed by atoms with Gasteiger partial charge in [-0.1, -0.05) is 56.0 Å². The molecule has 1 aromatic heterocycles. The van der Waals surface area contributed by atoms with Crippen LogP contribution < -0.4 is 4.90 Å². The van der Waals surface area contributed by atoms with Crippen molar-refractivity contribution in [1.82, 2.24) is 19.9 Å². The monoisotopic (exact) mass is 479 g/mol. The zero-order valence-corrected chi connectivity index (χ0v) is 20.4. The second-order valence-electron chi connectivity index (χ2n) is 8.38. The van der Waals surface area contributed by atoms with Crippen molar-refractivity contribution >= 4 is 23.3 Å². The first kappa shape index (κ1) is 24.6. The molecular formula is C28H29N7O. The van der Waals surface area contributed by atoms with E-state index in [0.717, 1.165) is 16.8 Å². The average Bonchev–Trinajstić information content (AvgIpc) is 2.95. The number of piperazine rings is 1. The molecule has 1 amide bonds. The summed E-state index contributed by atoms with van der Waals surface area (Å²) >= 11 is 0. The SMILES string of the molecule is C=C(c1ccc(C#N)cc1)N(CC(=O)N1CCN(c2ncccn2)CC1)N=C(CC)c1ccccc1. The molecule has 0 bridgehead atoms. The summed E-state index contributed by atoms with van der Waals surface area (Å²) in [5, 5.41) is 15.7. The Hall–Kier alpha value is -4.51. The van der Waals surface area contributed by atoms with E-state index in [2.05, 4.69) is 27.5 Å². The van der Waals surface area contributed by atoms with Gasteiger partial charge in [0.1, 0.15) is 6.54 Å². The van der Waals surface area contributed by atoms with Gasteiger partial charge in [-0.3, -0.25) is 9.80 Å². The van der Waals surface area contributed by atoms with Gasteiger partial charge in [-0.2, -0.15) is 10.4 Å². The van der Waals surface area contributed by atoms with Crippen LogP contribution in [0.2, 0.25) is 0 Å². The predicted molar refractivity (Wildman–Crippen MR) is 141 cm³/mol. The highest BCUT2D eigenvalue weighted by atomic mass is 16.2. The van der Waals surface area contributed by atoms with Gasteiger partial charge in [0.25, 0.3) is 0 Å². The lowest BCUT2D eigenvalue weighted by Crippen LogP contribution is -2.51. The third kappa shape index (κ3) is 5.94. The summed E-state index contributed by atoms with van der Waals surface area (Å²) in [5.41, 5.74) is 3.84. The number of rotatable bonds is 8. The Morgan fingerprint density at radius 2 is 1.67 bits per heavy atom. The van der Waals surface area contributed by atoms with Gasteiger partial charge in [-0.25, -0.2) is 9.97 Å². The van der Waals surface area contributed by atoms with Crippen LogP contribution >= 0.6 is 0 Å². The molecular weight excluding hydrogens is 450 g/mol. The summed E-state index contributed by atoms with van der Waals surface area (Å²) in [5.74, 6) is 0.658. The van der Waals surface area contributed by atoms with Crippen LogP contribution in [0.5, 0.6) is 0 Å². The molecule has 0 aliphatic carbocycles. The molecule has 3 aromatic rings. The minimum atomic E-state index is -0.0225. The van der Waals surface area contributed by atoms with Crippen molar-refractivity contribution in [2.45, 2.75) is 13.3 Å². The lowest BCUT2D eigenvalue weighted by Gasteiger charge is -2.35. The molecule has 0 saturated carbocycles. The van der Waals surface area contributed by atoms with Crippen LogP contribution in [0.3, 0.4) is 0 Å². The van der Waals surface area contributed by atoms with Crippen molar-refractivity contribution in [2.75, 3.05) is 37.6 Å². The van der Waals surface area contributed by atoms with Crippen LogP contribution in [0.15, 0.2) is 84.7 Å². The number of carbonyl (C=O) groups is 1. The lowest BCUT2D eigenvalue weighted by molar-refractivity contribution is -0.132. The minimum Gasteiger partial charge on any atom is -0.338 e. The van der Waals surface area contributed by atoms with Gasteiger partial charge in [0.05, 0.1) is 23.0 Å². The van der Waals surface area contributed by atoms with Gasteiger partial charge in [0.2, 0.25) is 11.9 Å². The van der Waals surface area contributed by atoms with E-state index in [1.807, 2.05) is 54.3 Å².